The molecule has 1 atom stereocenters. The third kappa shape index (κ3) is 4.84. The van der Waals surface area contributed by atoms with Gasteiger partial charge in [0.2, 0.25) is 11.8 Å². The summed E-state index contributed by atoms with van der Waals surface area (Å²) in [6, 6.07) is 2.93. The molecule has 7 heteroatoms. The molecule has 1 unspecified atom stereocenters. The van der Waals surface area contributed by atoms with Gasteiger partial charge in [0.25, 0.3) is 0 Å². The fourth-order valence-electron chi connectivity index (χ4n) is 2.21. The third-order valence-electron chi connectivity index (χ3n) is 3.44. The average Bonchev–Trinajstić information content (AvgIpc) is 2.53. The van der Waals surface area contributed by atoms with Crippen LogP contribution < -0.4 is 15.8 Å². The van der Waals surface area contributed by atoms with E-state index in [1.807, 2.05) is 0 Å². The first kappa shape index (κ1) is 16.0. The van der Waals surface area contributed by atoms with Crippen molar-refractivity contribution in [2.75, 3.05) is 26.4 Å². The number of hydrogen-bond donors (Lipinski definition) is 2. The molecular weight excluding hydrogens is 294 g/mol. The summed E-state index contributed by atoms with van der Waals surface area (Å²) in [5.41, 5.74) is 5.97. The predicted octanol–water partition coefficient (Wildman–Crippen LogP) is 0.984. The molecule has 2 heterocycles. The maximum absolute atomic E-state index is 11.9. The largest absolute Gasteiger partial charge is 0.475 e. The Morgan fingerprint density at radius 3 is 3.05 bits per heavy atom. The first-order chi connectivity index (χ1) is 10.2. The van der Waals surface area contributed by atoms with Crippen LogP contribution in [0.15, 0.2) is 18.3 Å². The highest BCUT2D eigenvalue weighted by molar-refractivity contribution is 6.31. The van der Waals surface area contributed by atoms with Crippen LogP contribution in [0.25, 0.3) is 0 Å². The highest BCUT2D eigenvalue weighted by Crippen LogP contribution is 2.19. The third-order valence-corrected chi connectivity index (χ3v) is 3.73. The number of halogens is 1. The Balaban J connectivity index is 1.68. The lowest BCUT2D eigenvalue weighted by Crippen LogP contribution is -2.47. The maximum Gasteiger partial charge on any atom is 0.237 e. The molecule has 1 aliphatic rings. The van der Waals surface area contributed by atoms with E-state index >= 15 is 0 Å². The van der Waals surface area contributed by atoms with Crippen molar-refractivity contribution in [1.29, 1.82) is 0 Å². The zero-order valence-corrected chi connectivity index (χ0v) is 12.5. The number of nitrogens with one attached hydrogen (secondary N) is 1. The number of nitrogens with two attached hydrogens (primary N) is 1. The Morgan fingerprint density at radius 1 is 1.57 bits per heavy atom. The fraction of sp³-hybridized carbons (Fsp3) is 0.571. The molecular formula is C14H20ClN3O3. The SMILES string of the molecule is NC(C(=O)NCCOc1ncccc1Cl)C1CCOCC1. The van der Waals surface area contributed by atoms with E-state index in [1.165, 1.54) is 0 Å². The van der Waals surface area contributed by atoms with Crippen molar-refractivity contribution < 1.29 is 14.3 Å². The number of carbonyl (C=O) groups excluding carboxylic acids is 1. The number of pyridine rings is 1. The van der Waals surface area contributed by atoms with Crippen molar-refractivity contribution in [3.8, 4) is 5.88 Å². The van der Waals surface area contributed by atoms with Gasteiger partial charge in [0.05, 0.1) is 12.6 Å². The van der Waals surface area contributed by atoms with Crippen LogP contribution in [-0.4, -0.2) is 43.3 Å². The van der Waals surface area contributed by atoms with Crippen molar-refractivity contribution in [1.82, 2.24) is 10.3 Å². The van der Waals surface area contributed by atoms with E-state index in [0.717, 1.165) is 12.8 Å². The van der Waals surface area contributed by atoms with Crippen molar-refractivity contribution >= 4 is 17.5 Å². The number of ether oxygens (including phenoxy) is 2. The van der Waals surface area contributed by atoms with Crippen LogP contribution in [0.1, 0.15) is 12.8 Å². The molecule has 1 saturated heterocycles. The molecule has 0 spiro atoms. The average molecular weight is 314 g/mol. The van der Waals surface area contributed by atoms with Gasteiger partial charge in [-0.25, -0.2) is 4.98 Å². The molecule has 1 aromatic rings. The quantitative estimate of drug-likeness (QED) is 0.765. The minimum atomic E-state index is -0.493. The topological polar surface area (TPSA) is 86.5 Å². The first-order valence-electron chi connectivity index (χ1n) is 7.03. The molecule has 0 radical (unpaired) electrons. The first-order valence-corrected chi connectivity index (χ1v) is 7.40. The Bertz CT molecular complexity index is 467. The number of carbonyl (C=O) groups is 1. The zero-order valence-electron chi connectivity index (χ0n) is 11.8. The molecule has 0 aliphatic carbocycles. The predicted molar refractivity (Wildman–Crippen MR) is 79.3 cm³/mol. The second kappa shape index (κ2) is 8.17. The molecule has 2 rings (SSSR count). The number of nitrogens with zero attached hydrogens (tertiary/aromatic N) is 1. The van der Waals surface area contributed by atoms with Crippen LogP contribution in [0.5, 0.6) is 5.88 Å². The fourth-order valence-corrected chi connectivity index (χ4v) is 2.38. The molecule has 6 nitrogen and oxygen atoms in total. The van der Waals surface area contributed by atoms with Gasteiger partial charge in [-0.15, -0.1) is 0 Å². The van der Waals surface area contributed by atoms with Gasteiger partial charge in [-0.1, -0.05) is 11.6 Å². The summed E-state index contributed by atoms with van der Waals surface area (Å²) in [4.78, 5) is 15.9. The molecule has 1 aliphatic heterocycles. The number of hydrogen-bond acceptors (Lipinski definition) is 5. The van der Waals surface area contributed by atoms with Crippen LogP contribution in [0.2, 0.25) is 5.02 Å². The lowest BCUT2D eigenvalue weighted by Gasteiger charge is -2.26. The molecule has 0 saturated carbocycles. The monoisotopic (exact) mass is 313 g/mol. The summed E-state index contributed by atoms with van der Waals surface area (Å²) in [6.07, 6.45) is 3.25. The molecule has 116 valence electrons. The van der Waals surface area contributed by atoms with Crippen molar-refractivity contribution in [2.45, 2.75) is 18.9 Å². The van der Waals surface area contributed by atoms with Gasteiger partial charge in [0.15, 0.2) is 0 Å². The number of amides is 1. The van der Waals surface area contributed by atoms with Crippen LogP contribution in [-0.2, 0) is 9.53 Å². The van der Waals surface area contributed by atoms with E-state index in [4.69, 9.17) is 26.8 Å². The Labute approximate surface area is 129 Å². The van der Waals surface area contributed by atoms with E-state index in [0.29, 0.717) is 37.3 Å². The van der Waals surface area contributed by atoms with Gasteiger partial charge < -0.3 is 20.5 Å². The van der Waals surface area contributed by atoms with Gasteiger partial charge in [0, 0.05) is 19.4 Å². The number of rotatable bonds is 6. The van der Waals surface area contributed by atoms with Gasteiger partial charge in [-0.2, -0.15) is 0 Å². The van der Waals surface area contributed by atoms with E-state index < -0.39 is 6.04 Å². The molecule has 1 amide bonds. The Morgan fingerprint density at radius 2 is 2.33 bits per heavy atom. The van der Waals surface area contributed by atoms with E-state index in [1.54, 1.807) is 18.3 Å². The molecule has 1 aromatic heterocycles. The number of aromatic nitrogens is 1. The summed E-state index contributed by atoms with van der Waals surface area (Å²) in [5, 5.41) is 3.22. The van der Waals surface area contributed by atoms with E-state index in [2.05, 4.69) is 10.3 Å². The molecule has 0 aromatic carbocycles. The molecule has 1 fully saturated rings. The summed E-state index contributed by atoms with van der Waals surface area (Å²) < 4.78 is 10.7. The van der Waals surface area contributed by atoms with E-state index in [9.17, 15) is 4.79 Å². The van der Waals surface area contributed by atoms with Crippen LogP contribution in [0.3, 0.4) is 0 Å². The lowest BCUT2D eigenvalue weighted by atomic mass is 9.92. The molecule has 0 bridgehead atoms. The highest BCUT2D eigenvalue weighted by Gasteiger charge is 2.26. The standard InChI is InChI=1S/C14H20ClN3O3/c15-11-2-1-5-18-14(11)21-9-6-17-13(19)12(16)10-3-7-20-8-4-10/h1-2,5,10,12H,3-4,6-9,16H2,(H,17,19). The van der Waals surface area contributed by atoms with Crippen LogP contribution in [0, 0.1) is 5.92 Å². The van der Waals surface area contributed by atoms with Gasteiger partial charge in [-0.05, 0) is 30.9 Å². The van der Waals surface area contributed by atoms with Crippen molar-refractivity contribution in [3.05, 3.63) is 23.4 Å². The summed E-state index contributed by atoms with van der Waals surface area (Å²) >= 11 is 5.91. The maximum atomic E-state index is 11.9. The van der Waals surface area contributed by atoms with E-state index in [-0.39, 0.29) is 11.8 Å². The van der Waals surface area contributed by atoms with Gasteiger partial charge in [0.1, 0.15) is 11.6 Å². The lowest BCUT2D eigenvalue weighted by molar-refractivity contribution is -0.124. The summed E-state index contributed by atoms with van der Waals surface area (Å²) in [5.74, 6) is 0.393. The van der Waals surface area contributed by atoms with Gasteiger partial charge in [-0.3, -0.25) is 4.79 Å². The summed E-state index contributed by atoms with van der Waals surface area (Å²) in [7, 11) is 0. The summed E-state index contributed by atoms with van der Waals surface area (Å²) in [6.45, 7) is 2.01. The smallest absolute Gasteiger partial charge is 0.237 e. The second-order valence-electron chi connectivity index (χ2n) is 4.91. The Kier molecular flexibility index (Phi) is 6.22. The minimum absolute atomic E-state index is 0.155. The normalized spacial score (nSPS) is 17.2. The second-order valence-corrected chi connectivity index (χ2v) is 5.31. The van der Waals surface area contributed by atoms with Gasteiger partial charge >= 0.3 is 0 Å². The molecule has 21 heavy (non-hydrogen) atoms. The minimum Gasteiger partial charge on any atom is -0.475 e. The zero-order chi connectivity index (χ0) is 15.1. The molecule has 3 N–H and O–H groups in total. The van der Waals surface area contributed by atoms with Crippen LogP contribution in [0.4, 0.5) is 0 Å². The van der Waals surface area contributed by atoms with Crippen LogP contribution >= 0.6 is 11.6 Å². The Hall–Kier alpha value is -1.37. The highest BCUT2D eigenvalue weighted by atomic mass is 35.5. The van der Waals surface area contributed by atoms with Crippen molar-refractivity contribution in [3.63, 3.8) is 0 Å². The van der Waals surface area contributed by atoms with Crippen molar-refractivity contribution in [2.24, 2.45) is 11.7 Å².